The van der Waals surface area contributed by atoms with E-state index < -0.39 is 5.54 Å². The quantitative estimate of drug-likeness (QED) is 0.862. The van der Waals surface area contributed by atoms with Gasteiger partial charge >= 0.3 is 0 Å². The molecule has 17 heavy (non-hydrogen) atoms. The zero-order valence-electron chi connectivity index (χ0n) is 9.76. The predicted molar refractivity (Wildman–Crippen MR) is 75.1 cm³/mol. The number of carbonyl (C=O) groups excluding carboxylic acids is 1. The van der Waals surface area contributed by atoms with Crippen molar-refractivity contribution < 1.29 is 9.90 Å². The molecule has 0 saturated carbocycles. The minimum atomic E-state index is -0.423. The van der Waals surface area contributed by atoms with Crippen LogP contribution in [0.4, 0.5) is 0 Å². The highest BCUT2D eigenvalue weighted by Gasteiger charge is 2.21. The number of aliphatic hydroxyl groups excluding tert-OH is 1. The second-order valence-electron chi connectivity index (χ2n) is 4.44. The zero-order chi connectivity index (χ0) is 13.1. The Morgan fingerprint density at radius 2 is 2.06 bits per heavy atom. The smallest absolute Gasteiger partial charge is 0.252 e. The molecule has 0 aliphatic rings. The van der Waals surface area contributed by atoms with E-state index in [1.807, 2.05) is 26.0 Å². The number of amides is 1. The molecule has 0 unspecified atom stereocenters. The molecule has 0 radical (unpaired) electrons. The minimum absolute atomic E-state index is 0.0485. The van der Waals surface area contributed by atoms with Gasteiger partial charge in [0, 0.05) is 21.1 Å². The van der Waals surface area contributed by atoms with Crippen LogP contribution >= 0.6 is 31.9 Å². The van der Waals surface area contributed by atoms with Gasteiger partial charge in [0.2, 0.25) is 0 Å². The van der Waals surface area contributed by atoms with Gasteiger partial charge in [-0.25, -0.2) is 0 Å². The number of nitrogens with one attached hydrogen (secondary N) is 1. The summed E-state index contributed by atoms with van der Waals surface area (Å²) in [4.78, 5) is 12.1. The first kappa shape index (κ1) is 14.7. The highest BCUT2D eigenvalue weighted by Crippen LogP contribution is 2.22. The molecule has 1 aromatic rings. The van der Waals surface area contributed by atoms with E-state index in [9.17, 15) is 4.79 Å². The van der Waals surface area contributed by atoms with Crippen LogP contribution in [0.25, 0.3) is 0 Å². The molecule has 0 aliphatic carbocycles. The maximum Gasteiger partial charge on any atom is 0.252 e. The van der Waals surface area contributed by atoms with E-state index in [0.29, 0.717) is 12.0 Å². The van der Waals surface area contributed by atoms with Crippen molar-refractivity contribution in [1.29, 1.82) is 0 Å². The fraction of sp³-hybridized carbons (Fsp3) is 0.417. The van der Waals surface area contributed by atoms with Crippen molar-refractivity contribution in [1.82, 2.24) is 5.32 Å². The van der Waals surface area contributed by atoms with E-state index in [4.69, 9.17) is 5.11 Å². The largest absolute Gasteiger partial charge is 0.396 e. The molecule has 0 aromatic heterocycles. The second kappa shape index (κ2) is 5.98. The van der Waals surface area contributed by atoms with E-state index in [2.05, 4.69) is 37.2 Å². The van der Waals surface area contributed by atoms with Crippen LogP contribution in [0, 0.1) is 0 Å². The number of rotatable bonds is 4. The Kier molecular flexibility index (Phi) is 5.16. The Morgan fingerprint density at radius 1 is 1.41 bits per heavy atom. The Hall–Kier alpha value is -0.390. The van der Waals surface area contributed by atoms with E-state index in [1.165, 1.54) is 0 Å². The molecule has 5 heteroatoms. The number of benzene rings is 1. The fourth-order valence-corrected chi connectivity index (χ4v) is 2.18. The normalized spacial score (nSPS) is 11.4. The molecule has 0 saturated heterocycles. The van der Waals surface area contributed by atoms with Gasteiger partial charge in [0.15, 0.2) is 0 Å². The summed E-state index contributed by atoms with van der Waals surface area (Å²) in [6.45, 7) is 3.81. The third kappa shape index (κ3) is 4.41. The third-order valence-corrected chi connectivity index (χ3v) is 3.55. The summed E-state index contributed by atoms with van der Waals surface area (Å²) in [5, 5.41) is 11.8. The van der Waals surface area contributed by atoms with Gasteiger partial charge in [0.1, 0.15) is 0 Å². The van der Waals surface area contributed by atoms with Crippen LogP contribution in [0.2, 0.25) is 0 Å². The Balaban J connectivity index is 2.86. The molecule has 0 bridgehead atoms. The molecule has 0 aliphatic heterocycles. The van der Waals surface area contributed by atoms with Gasteiger partial charge in [-0.1, -0.05) is 15.9 Å². The van der Waals surface area contributed by atoms with Gasteiger partial charge in [-0.15, -0.1) is 0 Å². The molecular formula is C12H15Br2NO2. The summed E-state index contributed by atoms with van der Waals surface area (Å²) < 4.78 is 1.60. The number of aliphatic hydroxyl groups is 1. The van der Waals surface area contributed by atoms with E-state index >= 15 is 0 Å². The highest BCUT2D eigenvalue weighted by molar-refractivity contribution is 9.11. The first-order valence-electron chi connectivity index (χ1n) is 5.24. The first-order chi connectivity index (χ1) is 7.85. The van der Waals surface area contributed by atoms with Crippen LogP contribution in [-0.2, 0) is 0 Å². The maximum atomic E-state index is 12.1. The maximum absolute atomic E-state index is 12.1. The summed E-state index contributed by atoms with van der Waals surface area (Å²) in [5.41, 5.74) is 0.151. The topological polar surface area (TPSA) is 49.3 Å². The third-order valence-electron chi connectivity index (χ3n) is 2.36. The average molecular weight is 365 g/mol. The SMILES string of the molecule is CC(C)(CCO)NC(=O)c1cc(Br)ccc1Br. The van der Waals surface area contributed by atoms with Crippen molar-refractivity contribution in [2.24, 2.45) is 0 Å². The lowest BCUT2D eigenvalue weighted by atomic mass is 10.0. The van der Waals surface area contributed by atoms with Crippen LogP contribution in [0.5, 0.6) is 0 Å². The summed E-state index contributed by atoms with van der Waals surface area (Å²) >= 11 is 6.68. The molecule has 0 atom stereocenters. The zero-order valence-corrected chi connectivity index (χ0v) is 12.9. The Bertz CT molecular complexity index is 419. The van der Waals surface area contributed by atoms with Crippen LogP contribution < -0.4 is 5.32 Å². The summed E-state index contributed by atoms with van der Waals surface area (Å²) in [6.07, 6.45) is 0.518. The molecule has 1 rings (SSSR count). The number of carbonyl (C=O) groups is 1. The van der Waals surface area contributed by atoms with Gasteiger partial charge in [-0.3, -0.25) is 4.79 Å². The number of hydrogen-bond acceptors (Lipinski definition) is 2. The molecule has 1 aromatic carbocycles. The lowest BCUT2D eigenvalue weighted by Crippen LogP contribution is -2.44. The molecule has 94 valence electrons. The summed E-state index contributed by atoms with van der Waals surface area (Å²) in [7, 11) is 0. The monoisotopic (exact) mass is 363 g/mol. The molecule has 0 fully saturated rings. The van der Waals surface area contributed by atoms with Crippen molar-refractivity contribution in [3.05, 3.63) is 32.7 Å². The van der Waals surface area contributed by atoms with Crippen LogP contribution in [0.3, 0.4) is 0 Å². The molecule has 1 amide bonds. The average Bonchev–Trinajstić information content (AvgIpc) is 2.20. The van der Waals surface area contributed by atoms with Crippen molar-refractivity contribution in [3.8, 4) is 0 Å². The number of halogens is 2. The summed E-state index contributed by atoms with van der Waals surface area (Å²) in [5.74, 6) is -0.156. The van der Waals surface area contributed by atoms with E-state index in [-0.39, 0.29) is 12.5 Å². The van der Waals surface area contributed by atoms with E-state index in [1.54, 1.807) is 6.07 Å². The van der Waals surface area contributed by atoms with Gasteiger partial charge in [-0.05, 0) is 54.4 Å². The second-order valence-corrected chi connectivity index (χ2v) is 6.21. The van der Waals surface area contributed by atoms with Crippen molar-refractivity contribution >= 4 is 37.8 Å². The fourth-order valence-electron chi connectivity index (χ4n) is 1.39. The Labute approximate surface area is 118 Å². The molecular weight excluding hydrogens is 350 g/mol. The first-order valence-corrected chi connectivity index (χ1v) is 6.83. The molecule has 0 heterocycles. The van der Waals surface area contributed by atoms with Gasteiger partial charge in [0.25, 0.3) is 5.91 Å². The van der Waals surface area contributed by atoms with Gasteiger partial charge < -0.3 is 10.4 Å². The van der Waals surface area contributed by atoms with Gasteiger partial charge in [0.05, 0.1) is 5.56 Å². The molecule has 0 spiro atoms. The van der Waals surface area contributed by atoms with Gasteiger partial charge in [-0.2, -0.15) is 0 Å². The molecule has 3 nitrogen and oxygen atoms in total. The highest BCUT2D eigenvalue weighted by atomic mass is 79.9. The van der Waals surface area contributed by atoms with Crippen molar-refractivity contribution in [2.75, 3.05) is 6.61 Å². The van der Waals surface area contributed by atoms with Crippen LogP contribution in [-0.4, -0.2) is 23.2 Å². The lowest BCUT2D eigenvalue weighted by molar-refractivity contribution is 0.0898. The number of hydrogen-bond donors (Lipinski definition) is 2. The minimum Gasteiger partial charge on any atom is -0.396 e. The predicted octanol–water partition coefficient (Wildman–Crippen LogP) is 3.10. The standard InChI is InChI=1S/C12H15Br2NO2/c1-12(2,5-6-16)15-11(17)9-7-8(13)3-4-10(9)14/h3-4,7,16H,5-6H2,1-2H3,(H,15,17). The van der Waals surface area contributed by atoms with Crippen molar-refractivity contribution in [2.45, 2.75) is 25.8 Å². The Morgan fingerprint density at radius 3 is 2.65 bits per heavy atom. The van der Waals surface area contributed by atoms with Crippen LogP contribution in [0.15, 0.2) is 27.1 Å². The van der Waals surface area contributed by atoms with Crippen LogP contribution in [0.1, 0.15) is 30.6 Å². The summed E-state index contributed by atoms with van der Waals surface area (Å²) in [6, 6.07) is 5.44. The lowest BCUT2D eigenvalue weighted by Gasteiger charge is -2.25. The van der Waals surface area contributed by atoms with Crippen molar-refractivity contribution in [3.63, 3.8) is 0 Å². The van der Waals surface area contributed by atoms with E-state index in [0.717, 1.165) is 8.95 Å². The molecule has 2 N–H and O–H groups in total.